The zero-order chi connectivity index (χ0) is 16.4. The van der Waals surface area contributed by atoms with Crippen molar-refractivity contribution in [2.24, 2.45) is 5.73 Å². The number of rotatable bonds is 5. The number of fused-ring (bicyclic) bond motifs is 1. The van der Waals surface area contributed by atoms with Crippen molar-refractivity contribution in [1.82, 2.24) is 9.55 Å². The number of nitrogens with two attached hydrogens (primary N) is 1. The zero-order valence-electron chi connectivity index (χ0n) is 13.3. The van der Waals surface area contributed by atoms with E-state index in [1.807, 2.05) is 24.4 Å². The Kier molecular flexibility index (Phi) is 4.45. The number of benzene rings is 1. The van der Waals surface area contributed by atoms with Gasteiger partial charge < -0.3 is 11.1 Å². The Morgan fingerprint density at radius 2 is 2.04 bits per heavy atom. The highest BCUT2D eigenvalue weighted by atomic mass is 32.1. The average molecular weight is 328 g/mol. The van der Waals surface area contributed by atoms with Gasteiger partial charge in [0.15, 0.2) is 0 Å². The van der Waals surface area contributed by atoms with Gasteiger partial charge in [0, 0.05) is 30.6 Å². The molecule has 0 saturated carbocycles. The molecule has 2 heterocycles. The van der Waals surface area contributed by atoms with E-state index in [-0.39, 0.29) is 5.56 Å². The summed E-state index contributed by atoms with van der Waals surface area (Å²) in [6.45, 7) is 5.65. The molecule has 0 bridgehead atoms. The zero-order valence-corrected chi connectivity index (χ0v) is 14.1. The van der Waals surface area contributed by atoms with Gasteiger partial charge >= 0.3 is 0 Å². The predicted molar refractivity (Wildman–Crippen MR) is 97.3 cm³/mol. The molecule has 0 aliphatic heterocycles. The van der Waals surface area contributed by atoms with Crippen molar-refractivity contribution in [1.29, 1.82) is 0 Å². The van der Waals surface area contributed by atoms with Crippen LogP contribution in [0.5, 0.6) is 0 Å². The largest absolute Gasteiger partial charge is 0.354 e. The molecule has 1 aromatic carbocycles. The molecule has 3 aromatic rings. The second-order valence-electron chi connectivity index (χ2n) is 5.40. The van der Waals surface area contributed by atoms with E-state index in [2.05, 4.69) is 29.4 Å². The predicted octanol–water partition coefficient (Wildman–Crippen LogP) is 2.82. The van der Waals surface area contributed by atoms with Crippen molar-refractivity contribution >= 4 is 27.5 Å². The van der Waals surface area contributed by atoms with Crippen LogP contribution in [0.25, 0.3) is 21.3 Å². The first-order valence-corrected chi connectivity index (χ1v) is 8.56. The standard InChI is InChI=1S/C17H20N4OS/c1-3-21-16(22)14-13(12-6-4-11(2)5-7-12)10-23-15(14)20-17(21)19-9-8-18/h4-7,10H,3,8-9,18H2,1-2H3,(H,19,20). The lowest BCUT2D eigenvalue weighted by atomic mass is 10.1. The fraction of sp³-hybridized carbons (Fsp3) is 0.294. The van der Waals surface area contributed by atoms with Crippen LogP contribution < -0.4 is 16.6 Å². The third kappa shape index (κ3) is 2.87. The van der Waals surface area contributed by atoms with Gasteiger partial charge in [-0.25, -0.2) is 4.98 Å². The Bertz CT molecular complexity index is 880. The Morgan fingerprint density at radius 3 is 2.70 bits per heavy atom. The van der Waals surface area contributed by atoms with Crippen LogP contribution in [-0.4, -0.2) is 22.6 Å². The van der Waals surface area contributed by atoms with E-state index in [0.717, 1.165) is 16.0 Å². The number of hydrogen-bond donors (Lipinski definition) is 2. The van der Waals surface area contributed by atoms with Crippen molar-refractivity contribution in [3.8, 4) is 11.1 Å². The van der Waals surface area contributed by atoms with Gasteiger partial charge in [-0.15, -0.1) is 11.3 Å². The maximum Gasteiger partial charge on any atom is 0.264 e. The SMILES string of the molecule is CCn1c(NCCN)nc2scc(-c3ccc(C)cc3)c2c1=O. The molecule has 3 N–H and O–H groups in total. The van der Waals surface area contributed by atoms with Crippen molar-refractivity contribution in [2.45, 2.75) is 20.4 Å². The third-order valence-corrected chi connectivity index (χ3v) is 4.67. The van der Waals surface area contributed by atoms with Crippen LogP contribution in [0.2, 0.25) is 0 Å². The van der Waals surface area contributed by atoms with Crippen molar-refractivity contribution in [3.05, 3.63) is 45.6 Å². The second-order valence-corrected chi connectivity index (χ2v) is 6.25. The minimum atomic E-state index is -0.00570. The summed E-state index contributed by atoms with van der Waals surface area (Å²) in [4.78, 5) is 18.3. The highest BCUT2D eigenvalue weighted by Crippen LogP contribution is 2.31. The molecule has 0 radical (unpaired) electrons. The van der Waals surface area contributed by atoms with E-state index in [1.54, 1.807) is 4.57 Å². The molecular weight excluding hydrogens is 308 g/mol. The summed E-state index contributed by atoms with van der Waals surface area (Å²) in [7, 11) is 0. The molecule has 2 aromatic heterocycles. The third-order valence-electron chi connectivity index (χ3n) is 3.80. The van der Waals surface area contributed by atoms with Crippen LogP contribution in [0.3, 0.4) is 0 Å². The quantitative estimate of drug-likeness (QED) is 0.755. The van der Waals surface area contributed by atoms with Crippen molar-refractivity contribution < 1.29 is 0 Å². The molecule has 0 spiro atoms. The summed E-state index contributed by atoms with van der Waals surface area (Å²) in [5.74, 6) is 0.591. The van der Waals surface area contributed by atoms with Crippen LogP contribution in [0.4, 0.5) is 5.95 Å². The van der Waals surface area contributed by atoms with Gasteiger partial charge in [-0.2, -0.15) is 0 Å². The van der Waals surface area contributed by atoms with E-state index >= 15 is 0 Å². The summed E-state index contributed by atoms with van der Waals surface area (Å²) in [6.07, 6.45) is 0. The van der Waals surface area contributed by atoms with Crippen LogP contribution in [-0.2, 0) is 6.54 Å². The molecule has 0 unspecified atom stereocenters. The lowest BCUT2D eigenvalue weighted by Crippen LogP contribution is -2.26. The fourth-order valence-corrected chi connectivity index (χ4v) is 3.52. The van der Waals surface area contributed by atoms with E-state index in [0.29, 0.717) is 31.0 Å². The Hall–Kier alpha value is -2.18. The molecule has 0 aliphatic carbocycles. The van der Waals surface area contributed by atoms with Gasteiger partial charge in [0.05, 0.1) is 5.39 Å². The topological polar surface area (TPSA) is 72.9 Å². The smallest absolute Gasteiger partial charge is 0.264 e. The van der Waals surface area contributed by atoms with Crippen molar-refractivity contribution in [2.75, 3.05) is 18.4 Å². The molecule has 0 atom stereocenters. The van der Waals surface area contributed by atoms with Gasteiger partial charge in [0.1, 0.15) is 4.83 Å². The minimum absolute atomic E-state index is 0.00570. The van der Waals surface area contributed by atoms with E-state index in [1.165, 1.54) is 16.9 Å². The Labute approximate surface area is 138 Å². The molecule has 5 nitrogen and oxygen atoms in total. The molecule has 0 fully saturated rings. The summed E-state index contributed by atoms with van der Waals surface area (Å²) in [5.41, 5.74) is 8.73. The van der Waals surface area contributed by atoms with Gasteiger partial charge in [0.25, 0.3) is 5.56 Å². The maximum absolute atomic E-state index is 12.9. The highest BCUT2D eigenvalue weighted by molar-refractivity contribution is 7.17. The Balaban J connectivity index is 2.20. The fourth-order valence-electron chi connectivity index (χ4n) is 2.58. The highest BCUT2D eigenvalue weighted by Gasteiger charge is 2.16. The number of aromatic nitrogens is 2. The van der Waals surface area contributed by atoms with E-state index in [9.17, 15) is 4.79 Å². The monoisotopic (exact) mass is 328 g/mol. The molecular formula is C17H20N4OS. The van der Waals surface area contributed by atoms with Gasteiger partial charge in [-0.3, -0.25) is 9.36 Å². The number of anilines is 1. The lowest BCUT2D eigenvalue weighted by molar-refractivity contribution is 0.722. The summed E-state index contributed by atoms with van der Waals surface area (Å²) in [5, 5.41) is 5.84. The first kappa shape index (κ1) is 15.7. The van der Waals surface area contributed by atoms with Crippen LogP contribution in [0.1, 0.15) is 12.5 Å². The molecule has 0 amide bonds. The summed E-state index contributed by atoms with van der Waals surface area (Å²) in [6, 6.07) is 8.21. The van der Waals surface area contributed by atoms with Gasteiger partial charge in [-0.1, -0.05) is 29.8 Å². The first-order valence-electron chi connectivity index (χ1n) is 7.68. The maximum atomic E-state index is 12.9. The molecule has 120 valence electrons. The lowest BCUT2D eigenvalue weighted by Gasteiger charge is -2.12. The van der Waals surface area contributed by atoms with Crippen molar-refractivity contribution in [3.63, 3.8) is 0 Å². The van der Waals surface area contributed by atoms with E-state index in [4.69, 9.17) is 5.73 Å². The Morgan fingerprint density at radius 1 is 1.30 bits per heavy atom. The van der Waals surface area contributed by atoms with Gasteiger partial charge in [0.2, 0.25) is 5.95 Å². The minimum Gasteiger partial charge on any atom is -0.354 e. The number of nitrogens with zero attached hydrogens (tertiary/aromatic N) is 2. The van der Waals surface area contributed by atoms with E-state index < -0.39 is 0 Å². The summed E-state index contributed by atoms with van der Waals surface area (Å²) >= 11 is 1.50. The molecule has 0 aliphatic rings. The number of nitrogens with one attached hydrogen (secondary N) is 1. The molecule has 23 heavy (non-hydrogen) atoms. The first-order chi connectivity index (χ1) is 11.2. The van der Waals surface area contributed by atoms with Crippen LogP contribution >= 0.6 is 11.3 Å². The normalized spacial score (nSPS) is 11.1. The summed E-state index contributed by atoms with van der Waals surface area (Å²) < 4.78 is 1.67. The average Bonchev–Trinajstić information content (AvgIpc) is 2.98. The number of thiophene rings is 1. The van der Waals surface area contributed by atoms with Crippen LogP contribution in [0.15, 0.2) is 34.4 Å². The molecule has 0 saturated heterocycles. The number of hydrogen-bond acceptors (Lipinski definition) is 5. The molecule has 6 heteroatoms. The van der Waals surface area contributed by atoms with Gasteiger partial charge in [-0.05, 0) is 19.4 Å². The molecule has 3 rings (SSSR count). The number of aryl methyl sites for hydroxylation is 1. The van der Waals surface area contributed by atoms with Crippen LogP contribution in [0, 0.1) is 6.92 Å². The second kappa shape index (κ2) is 6.52.